The Bertz CT molecular complexity index is 786. The maximum Gasteiger partial charge on any atom is 0.260 e. The van der Waals surface area contributed by atoms with Crippen molar-refractivity contribution < 1.29 is 23.1 Å². The molecule has 2 amide bonds. The molecule has 1 aromatic rings. The van der Waals surface area contributed by atoms with E-state index in [1.165, 1.54) is 16.6 Å². The molecule has 1 saturated heterocycles. The number of hydrogen-bond acceptors (Lipinski definition) is 6. The quantitative estimate of drug-likeness (QED) is 0.569. The minimum atomic E-state index is -3.84. The number of aromatic nitrogens is 1. The third-order valence-electron chi connectivity index (χ3n) is 4.91. The monoisotopic (exact) mass is 412 g/mol. The van der Waals surface area contributed by atoms with Crippen molar-refractivity contribution in [1.29, 1.82) is 0 Å². The zero-order valence-corrected chi connectivity index (χ0v) is 16.9. The van der Waals surface area contributed by atoms with Crippen molar-refractivity contribution in [2.45, 2.75) is 50.3 Å². The van der Waals surface area contributed by atoms with E-state index in [0.29, 0.717) is 12.8 Å². The largest absolute Gasteiger partial charge is 0.390 e. The van der Waals surface area contributed by atoms with Gasteiger partial charge >= 0.3 is 0 Å². The molecule has 2 heterocycles. The van der Waals surface area contributed by atoms with Crippen molar-refractivity contribution in [2.75, 3.05) is 13.1 Å². The van der Waals surface area contributed by atoms with Crippen LogP contribution in [-0.4, -0.2) is 59.9 Å². The highest BCUT2D eigenvalue weighted by Crippen LogP contribution is 2.23. The fourth-order valence-corrected chi connectivity index (χ4v) is 4.68. The van der Waals surface area contributed by atoms with Gasteiger partial charge < -0.3 is 16.2 Å². The van der Waals surface area contributed by atoms with E-state index < -0.39 is 34.0 Å². The number of hydrogen-bond donors (Lipinski definition) is 3. The number of carbonyl (C=O) groups excluding carboxylic acids is 2. The van der Waals surface area contributed by atoms with Crippen LogP contribution in [0.3, 0.4) is 0 Å². The van der Waals surface area contributed by atoms with Gasteiger partial charge in [0.2, 0.25) is 11.8 Å². The fraction of sp³-hybridized carbons (Fsp3) is 0.611. The predicted octanol–water partition coefficient (Wildman–Crippen LogP) is -0.141. The number of nitrogens with two attached hydrogens (primary N) is 1. The molecule has 0 bridgehead atoms. The van der Waals surface area contributed by atoms with E-state index in [9.17, 15) is 23.1 Å². The summed E-state index contributed by atoms with van der Waals surface area (Å²) in [4.78, 5) is 27.2. The number of carbonyl (C=O) groups is 2. The highest BCUT2D eigenvalue weighted by atomic mass is 32.2. The van der Waals surface area contributed by atoms with Crippen molar-refractivity contribution in [3.63, 3.8) is 0 Å². The van der Waals surface area contributed by atoms with Gasteiger partial charge in [-0.05, 0) is 30.9 Å². The van der Waals surface area contributed by atoms with E-state index in [2.05, 4.69) is 10.3 Å². The maximum absolute atomic E-state index is 12.8. The number of amides is 2. The second kappa shape index (κ2) is 9.44. The van der Waals surface area contributed by atoms with Gasteiger partial charge in [0.1, 0.15) is 0 Å². The lowest BCUT2D eigenvalue weighted by molar-refractivity contribution is -0.124. The molecule has 0 radical (unpaired) electrons. The summed E-state index contributed by atoms with van der Waals surface area (Å²) in [5.74, 6) is -1.26. The molecule has 0 spiro atoms. The van der Waals surface area contributed by atoms with Crippen LogP contribution in [0.2, 0.25) is 0 Å². The zero-order chi connectivity index (χ0) is 20.9. The summed E-state index contributed by atoms with van der Waals surface area (Å²) in [5.41, 5.74) is 5.19. The fourth-order valence-electron chi connectivity index (χ4n) is 3.18. The number of rotatable bonds is 7. The molecule has 0 aliphatic carbocycles. The number of aliphatic hydroxyl groups excluding tert-OH is 1. The van der Waals surface area contributed by atoms with Crippen LogP contribution in [0.4, 0.5) is 0 Å². The van der Waals surface area contributed by atoms with Crippen molar-refractivity contribution in [3.05, 3.63) is 24.4 Å². The molecule has 1 fully saturated rings. The van der Waals surface area contributed by atoms with Crippen LogP contribution in [0.1, 0.15) is 33.1 Å². The topological polar surface area (TPSA) is 143 Å². The summed E-state index contributed by atoms with van der Waals surface area (Å²) in [6, 6.07) is 4.06. The lowest BCUT2D eigenvalue weighted by Crippen LogP contribution is -2.47. The molecular weight excluding hydrogens is 384 g/mol. The molecule has 10 heteroatoms. The Morgan fingerprint density at radius 2 is 2.11 bits per heavy atom. The summed E-state index contributed by atoms with van der Waals surface area (Å²) in [6.07, 6.45) is 1.21. The van der Waals surface area contributed by atoms with E-state index in [4.69, 9.17) is 5.73 Å². The number of nitrogens with zero attached hydrogens (tertiary/aromatic N) is 2. The first kappa shape index (κ1) is 22.3. The first-order valence-electron chi connectivity index (χ1n) is 9.29. The average Bonchev–Trinajstić information content (AvgIpc) is 2.79. The van der Waals surface area contributed by atoms with E-state index >= 15 is 0 Å². The summed E-state index contributed by atoms with van der Waals surface area (Å²) in [6.45, 7) is 3.61. The SMILES string of the molecule is C[C@@H]1C[C@@H](NC(=O)CC[C@H](C)C(N)=O)[C@@H](O)CN(S(=O)(=O)c2ccccn2)C1. The zero-order valence-electron chi connectivity index (χ0n) is 16.1. The van der Waals surface area contributed by atoms with Gasteiger partial charge in [-0.3, -0.25) is 9.59 Å². The molecule has 28 heavy (non-hydrogen) atoms. The van der Waals surface area contributed by atoms with Gasteiger partial charge in [0.25, 0.3) is 10.0 Å². The van der Waals surface area contributed by atoms with Gasteiger partial charge in [0, 0.05) is 31.6 Å². The Hall–Kier alpha value is -2.04. The minimum absolute atomic E-state index is 0.0719. The van der Waals surface area contributed by atoms with E-state index in [-0.39, 0.29) is 36.4 Å². The number of pyridine rings is 1. The third kappa shape index (κ3) is 5.73. The number of β-amino-alcohol motifs (C(OH)–C–C–N with tert-alkyl or cyclic N) is 1. The number of sulfonamides is 1. The van der Waals surface area contributed by atoms with Gasteiger partial charge in [0.15, 0.2) is 5.03 Å². The van der Waals surface area contributed by atoms with E-state index in [1.807, 2.05) is 6.92 Å². The molecule has 2 rings (SSSR count). The lowest BCUT2D eigenvalue weighted by Gasteiger charge is -2.25. The molecule has 1 aliphatic rings. The second-order valence-corrected chi connectivity index (χ2v) is 9.30. The highest BCUT2D eigenvalue weighted by Gasteiger charge is 2.36. The molecule has 4 N–H and O–H groups in total. The minimum Gasteiger partial charge on any atom is -0.390 e. The van der Waals surface area contributed by atoms with Crippen molar-refractivity contribution in [1.82, 2.24) is 14.6 Å². The average molecular weight is 413 g/mol. The van der Waals surface area contributed by atoms with Crippen LogP contribution < -0.4 is 11.1 Å². The molecular formula is C18H28N4O5S. The van der Waals surface area contributed by atoms with Gasteiger partial charge in [-0.2, -0.15) is 4.31 Å². The normalized spacial score (nSPS) is 24.9. The van der Waals surface area contributed by atoms with E-state index in [0.717, 1.165) is 0 Å². The predicted molar refractivity (Wildman–Crippen MR) is 102 cm³/mol. The van der Waals surface area contributed by atoms with Gasteiger partial charge in [-0.1, -0.05) is 19.9 Å². The number of nitrogens with one attached hydrogen (secondary N) is 1. The number of primary amides is 1. The van der Waals surface area contributed by atoms with Crippen LogP contribution in [0, 0.1) is 11.8 Å². The molecule has 1 aromatic heterocycles. The molecule has 1 aliphatic heterocycles. The van der Waals surface area contributed by atoms with Crippen LogP contribution in [0.25, 0.3) is 0 Å². The standard InChI is InChI=1S/C18H28N4O5S/c1-12-9-14(21-16(24)7-6-13(2)18(19)25)15(23)11-22(10-12)28(26,27)17-5-3-4-8-20-17/h3-5,8,12-15,23H,6-7,9-11H2,1-2H3,(H2,19,25)(H,21,24)/t12-,13+,14-,15+/m1/s1. The van der Waals surface area contributed by atoms with Gasteiger partial charge in [0.05, 0.1) is 12.1 Å². The van der Waals surface area contributed by atoms with Crippen molar-refractivity contribution in [3.8, 4) is 0 Å². The maximum atomic E-state index is 12.8. The Morgan fingerprint density at radius 1 is 1.39 bits per heavy atom. The van der Waals surface area contributed by atoms with Crippen LogP contribution in [0.5, 0.6) is 0 Å². The van der Waals surface area contributed by atoms with Crippen molar-refractivity contribution in [2.24, 2.45) is 17.6 Å². The van der Waals surface area contributed by atoms with Crippen molar-refractivity contribution >= 4 is 21.8 Å². The summed E-state index contributed by atoms with van der Waals surface area (Å²) >= 11 is 0. The molecule has 0 aromatic carbocycles. The summed E-state index contributed by atoms with van der Waals surface area (Å²) in [7, 11) is -3.84. The Kier molecular flexibility index (Phi) is 7.50. The van der Waals surface area contributed by atoms with Gasteiger partial charge in [-0.15, -0.1) is 0 Å². The Balaban J connectivity index is 2.04. The van der Waals surface area contributed by atoms with Crippen LogP contribution in [-0.2, 0) is 19.6 Å². The third-order valence-corrected chi connectivity index (χ3v) is 6.65. The second-order valence-electron chi connectivity index (χ2n) is 7.41. The number of aliphatic hydroxyl groups is 1. The molecule has 0 unspecified atom stereocenters. The molecule has 9 nitrogen and oxygen atoms in total. The first-order chi connectivity index (χ1) is 13.1. The van der Waals surface area contributed by atoms with Gasteiger partial charge in [-0.25, -0.2) is 13.4 Å². The smallest absolute Gasteiger partial charge is 0.260 e. The first-order valence-corrected chi connectivity index (χ1v) is 10.7. The van der Waals surface area contributed by atoms with E-state index in [1.54, 1.807) is 19.1 Å². The Morgan fingerprint density at radius 3 is 2.71 bits per heavy atom. The molecule has 4 atom stereocenters. The Labute approximate surface area is 165 Å². The lowest BCUT2D eigenvalue weighted by atomic mass is 9.99. The molecule has 0 saturated carbocycles. The summed E-state index contributed by atoms with van der Waals surface area (Å²) in [5, 5.41) is 13.2. The summed E-state index contributed by atoms with van der Waals surface area (Å²) < 4.78 is 26.9. The molecule has 156 valence electrons. The van der Waals surface area contributed by atoms with Crippen LogP contribution >= 0.6 is 0 Å². The van der Waals surface area contributed by atoms with Crippen LogP contribution in [0.15, 0.2) is 29.4 Å². The highest BCUT2D eigenvalue weighted by molar-refractivity contribution is 7.89.